The highest BCUT2D eigenvalue weighted by Gasteiger charge is 2.33. The second kappa shape index (κ2) is 5.29. The number of hydrogen-bond donors (Lipinski definition) is 0. The molecule has 0 unspecified atom stereocenters. The van der Waals surface area contributed by atoms with Crippen LogP contribution in [-0.2, 0) is 9.84 Å². The third kappa shape index (κ3) is 2.15. The SMILES string of the molecule is C=C(C)c1ccc2c(c1)N(CCC)c1ccccc1S2(=O)=O. The van der Waals surface area contributed by atoms with E-state index in [1.54, 1.807) is 18.2 Å². The molecule has 0 spiro atoms. The third-order valence-electron chi connectivity index (χ3n) is 3.92. The quantitative estimate of drug-likeness (QED) is 0.842. The highest BCUT2D eigenvalue weighted by Crippen LogP contribution is 2.44. The number of para-hydroxylation sites is 1. The summed E-state index contributed by atoms with van der Waals surface area (Å²) in [5.74, 6) is 0. The zero-order valence-corrected chi connectivity index (χ0v) is 13.7. The number of allylic oxidation sites excluding steroid dienone is 1. The van der Waals surface area contributed by atoms with Crippen molar-refractivity contribution >= 4 is 26.8 Å². The zero-order valence-electron chi connectivity index (χ0n) is 12.8. The summed E-state index contributed by atoms with van der Waals surface area (Å²) in [6.45, 7) is 8.75. The minimum atomic E-state index is -3.47. The van der Waals surface area contributed by atoms with Gasteiger partial charge in [0.25, 0.3) is 0 Å². The van der Waals surface area contributed by atoms with Crippen molar-refractivity contribution < 1.29 is 8.42 Å². The molecule has 0 aliphatic carbocycles. The Bertz CT molecular complexity index is 853. The molecule has 3 nitrogen and oxygen atoms in total. The van der Waals surface area contributed by atoms with Gasteiger partial charge in [-0.05, 0) is 43.2 Å². The van der Waals surface area contributed by atoms with Crippen LogP contribution in [0.2, 0.25) is 0 Å². The van der Waals surface area contributed by atoms with Gasteiger partial charge in [-0.2, -0.15) is 0 Å². The first-order valence-electron chi connectivity index (χ1n) is 7.38. The Balaban J connectivity index is 2.32. The summed E-state index contributed by atoms with van der Waals surface area (Å²) < 4.78 is 25.8. The molecule has 0 fully saturated rings. The molecule has 3 rings (SSSR count). The van der Waals surface area contributed by atoms with E-state index in [1.165, 1.54) is 0 Å². The average Bonchev–Trinajstić information content (AvgIpc) is 2.51. The third-order valence-corrected chi connectivity index (χ3v) is 5.77. The van der Waals surface area contributed by atoms with Crippen molar-refractivity contribution in [3.05, 3.63) is 54.6 Å². The lowest BCUT2D eigenvalue weighted by Crippen LogP contribution is -2.26. The predicted molar refractivity (Wildman–Crippen MR) is 90.3 cm³/mol. The maximum Gasteiger partial charge on any atom is 0.210 e. The molecule has 0 atom stereocenters. The molecule has 1 heterocycles. The Labute approximate surface area is 131 Å². The van der Waals surface area contributed by atoms with Gasteiger partial charge in [-0.1, -0.05) is 37.3 Å². The number of rotatable bonds is 3. The van der Waals surface area contributed by atoms with Gasteiger partial charge in [-0.15, -0.1) is 0 Å². The van der Waals surface area contributed by atoms with Crippen LogP contribution in [0.5, 0.6) is 0 Å². The molecule has 1 aliphatic heterocycles. The van der Waals surface area contributed by atoms with Gasteiger partial charge in [0.1, 0.15) is 0 Å². The normalized spacial score (nSPS) is 15.1. The van der Waals surface area contributed by atoms with Gasteiger partial charge in [0.15, 0.2) is 0 Å². The monoisotopic (exact) mass is 313 g/mol. The van der Waals surface area contributed by atoms with E-state index in [0.29, 0.717) is 9.79 Å². The summed E-state index contributed by atoms with van der Waals surface area (Å²) in [4.78, 5) is 2.86. The second-order valence-corrected chi connectivity index (χ2v) is 7.47. The summed E-state index contributed by atoms with van der Waals surface area (Å²) in [7, 11) is -3.47. The van der Waals surface area contributed by atoms with Gasteiger partial charge in [0.2, 0.25) is 9.84 Å². The second-order valence-electron chi connectivity index (χ2n) is 5.59. The number of nitrogens with zero attached hydrogens (tertiary/aromatic N) is 1. The minimum Gasteiger partial charge on any atom is -0.339 e. The highest BCUT2D eigenvalue weighted by molar-refractivity contribution is 7.92. The van der Waals surface area contributed by atoms with Gasteiger partial charge < -0.3 is 4.90 Å². The lowest BCUT2D eigenvalue weighted by molar-refractivity contribution is 0.594. The number of anilines is 2. The van der Waals surface area contributed by atoms with Gasteiger partial charge in [0, 0.05) is 6.54 Å². The molecule has 114 valence electrons. The van der Waals surface area contributed by atoms with E-state index >= 15 is 0 Å². The first-order chi connectivity index (χ1) is 10.5. The van der Waals surface area contributed by atoms with E-state index < -0.39 is 9.84 Å². The van der Waals surface area contributed by atoms with Gasteiger partial charge in [-0.25, -0.2) is 8.42 Å². The zero-order chi connectivity index (χ0) is 15.9. The van der Waals surface area contributed by atoms with E-state index in [9.17, 15) is 8.42 Å². The lowest BCUT2D eigenvalue weighted by atomic mass is 10.1. The van der Waals surface area contributed by atoms with Gasteiger partial charge in [-0.3, -0.25) is 0 Å². The lowest BCUT2D eigenvalue weighted by Gasteiger charge is -2.33. The summed E-state index contributed by atoms with van der Waals surface area (Å²) in [6.07, 6.45) is 0.936. The minimum absolute atomic E-state index is 0.379. The van der Waals surface area contributed by atoms with E-state index in [4.69, 9.17) is 0 Å². The summed E-state index contributed by atoms with van der Waals surface area (Å²) in [6, 6.07) is 12.7. The fourth-order valence-corrected chi connectivity index (χ4v) is 4.48. The molecule has 0 bridgehead atoms. The van der Waals surface area contributed by atoms with Crippen LogP contribution in [0, 0.1) is 0 Å². The van der Waals surface area contributed by atoms with Crippen molar-refractivity contribution in [2.45, 2.75) is 30.1 Å². The van der Waals surface area contributed by atoms with Crippen molar-refractivity contribution in [2.75, 3.05) is 11.4 Å². The van der Waals surface area contributed by atoms with Crippen LogP contribution >= 0.6 is 0 Å². The van der Waals surface area contributed by atoms with Crippen LogP contribution in [0.15, 0.2) is 58.8 Å². The number of sulfone groups is 1. The first kappa shape index (κ1) is 14.9. The van der Waals surface area contributed by atoms with E-state index in [2.05, 4.69) is 18.4 Å². The van der Waals surface area contributed by atoms with Crippen molar-refractivity contribution in [1.29, 1.82) is 0 Å². The Hall–Kier alpha value is -2.07. The number of fused-ring (bicyclic) bond motifs is 2. The standard InChI is InChI=1S/C18H19NO2S/c1-4-11-19-15-7-5-6-8-17(15)22(20,21)18-10-9-14(13(2)3)12-16(18)19/h5-10,12H,2,4,11H2,1,3H3. The van der Waals surface area contributed by atoms with E-state index in [0.717, 1.165) is 35.5 Å². The van der Waals surface area contributed by atoms with E-state index in [1.807, 2.05) is 31.2 Å². The molecule has 0 amide bonds. The summed E-state index contributed by atoms with van der Waals surface area (Å²) in [5.41, 5.74) is 3.40. The molecule has 1 aliphatic rings. The Morgan fingerprint density at radius 2 is 1.77 bits per heavy atom. The van der Waals surface area contributed by atoms with Crippen LogP contribution in [0.3, 0.4) is 0 Å². The van der Waals surface area contributed by atoms with Gasteiger partial charge >= 0.3 is 0 Å². The van der Waals surface area contributed by atoms with E-state index in [-0.39, 0.29) is 0 Å². The first-order valence-corrected chi connectivity index (χ1v) is 8.86. The van der Waals surface area contributed by atoms with Crippen LogP contribution in [0.25, 0.3) is 5.57 Å². The predicted octanol–water partition coefficient (Wildman–Crippen LogP) is 4.41. The van der Waals surface area contributed by atoms with Crippen LogP contribution in [0.1, 0.15) is 25.8 Å². The fourth-order valence-electron chi connectivity index (χ4n) is 2.84. The van der Waals surface area contributed by atoms with Crippen LogP contribution in [-0.4, -0.2) is 15.0 Å². The highest BCUT2D eigenvalue weighted by atomic mass is 32.2. The molecular formula is C18H19NO2S. The number of hydrogen-bond acceptors (Lipinski definition) is 3. The summed E-state index contributed by atoms with van der Waals surface area (Å²) in [5, 5.41) is 0. The molecule has 2 aromatic carbocycles. The maximum atomic E-state index is 12.9. The Morgan fingerprint density at radius 1 is 1.09 bits per heavy atom. The van der Waals surface area contributed by atoms with Crippen LogP contribution in [0.4, 0.5) is 11.4 Å². The Kier molecular flexibility index (Phi) is 3.57. The molecule has 4 heteroatoms. The smallest absolute Gasteiger partial charge is 0.210 e. The molecule has 0 saturated carbocycles. The molecule has 0 saturated heterocycles. The van der Waals surface area contributed by atoms with Crippen molar-refractivity contribution in [2.24, 2.45) is 0 Å². The molecule has 2 aromatic rings. The molecule has 0 radical (unpaired) electrons. The largest absolute Gasteiger partial charge is 0.339 e. The van der Waals surface area contributed by atoms with Crippen molar-refractivity contribution in [3.63, 3.8) is 0 Å². The van der Waals surface area contributed by atoms with Crippen LogP contribution < -0.4 is 4.90 Å². The average molecular weight is 313 g/mol. The molecule has 0 N–H and O–H groups in total. The Morgan fingerprint density at radius 3 is 2.45 bits per heavy atom. The molecule has 22 heavy (non-hydrogen) atoms. The summed E-state index contributed by atoms with van der Waals surface area (Å²) >= 11 is 0. The van der Waals surface area contributed by atoms with Gasteiger partial charge in [0.05, 0.1) is 21.2 Å². The van der Waals surface area contributed by atoms with Crippen molar-refractivity contribution in [3.8, 4) is 0 Å². The molecule has 0 aromatic heterocycles. The maximum absolute atomic E-state index is 12.9. The molecular weight excluding hydrogens is 294 g/mol. The van der Waals surface area contributed by atoms with Crippen molar-refractivity contribution in [1.82, 2.24) is 0 Å². The topological polar surface area (TPSA) is 37.4 Å². The fraction of sp³-hybridized carbons (Fsp3) is 0.222. The number of benzene rings is 2.